The molecule has 0 radical (unpaired) electrons. The second-order valence-electron chi connectivity index (χ2n) is 9.58. The van der Waals surface area contributed by atoms with Crippen LogP contribution < -0.4 is 4.90 Å². The van der Waals surface area contributed by atoms with Gasteiger partial charge in [-0.2, -0.15) is 15.5 Å². The van der Waals surface area contributed by atoms with Crippen LogP contribution in [0.15, 0.2) is 49.2 Å². The molecule has 6 rings (SSSR count). The number of aromatic nitrogens is 5. The highest BCUT2D eigenvalue weighted by molar-refractivity contribution is 5.87. The highest BCUT2D eigenvalue weighted by Gasteiger charge is 2.47. The molecule has 0 aromatic carbocycles. The zero-order chi connectivity index (χ0) is 24.2. The molecule has 2 fully saturated rings. The van der Waals surface area contributed by atoms with Crippen LogP contribution in [0.4, 0.5) is 10.6 Å². The Morgan fingerprint density at radius 2 is 1.94 bits per heavy atom. The van der Waals surface area contributed by atoms with Gasteiger partial charge in [0, 0.05) is 79.5 Å². The molecule has 2 aliphatic heterocycles. The van der Waals surface area contributed by atoms with Crippen LogP contribution in [0.25, 0.3) is 27.8 Å². The van der Waals surface area contributed by atoms with E-state index in [1.807, 2.05) is 43.8 Å². The van der Waals surface area contributed by atoms with Gasteiger partial charge in [-0.1, -0.05) is 0 Å². The van der Waals surface area contributed by atoms with Crippen molar-refractivity contribution in [3.63, 3.8) is 0 Å². The van der Waals surface area contributed by atoms with Crippen LogP contribution in [0.2, 0.25) is 0 Å². The summed E-state index contributed by atoms with van der Waals surface area (Å²) in [5.41, 5.74) is 4.96. The van der Waals surface area contributed by atoms with Crippen molar-refractivity contribution >= 4 is 17.4 Å². The van der Waals surface area contributed by atoms with Gasteiger partial charge in [0.2, 0.25) is 0 Å². The van der Waals surface area contributed by atoms with Crippen LogP contribution in [0, 0.1) is 16.7 Å². The number of hydrogen-bond donors (Lipinski definition) is 1. The first-order valence-electron chi connectivity index (χ1n) is 11.5. The number of carboxylic acid groups (broad SMARTS) is 1. The van der Waals surface area contributed by atoms with E-state index in [0.717, 1.165) is 59.5 Å². The molecule has 2 aliphatic rings. The van der Waals surface area contributed by atoms with Crippen molar-refractivity contribution < 1.29 is 9.90 Å². The highest BCUT2D eigenvalue weighted by Crippen LogP contribution is 2.41. The van der Waals surface area contributed by atoms with E-state index in [1.54, 1.807) is 21.6 Å². The summed E-state index contributed by atoms with van der Waals surface area (Å²) < 4.78 is 3.49. The maximum Gasteiger partial charge on any atom is 0.407 e. The molecule has 0 aliphatic carbocycles. The first-order valence-corrected chi connectivity index (χ1v) is 11.5. The average molecular weight is 469 g/mol. The van der Waals surface area contributed by atoms with Gasteiger partial charge in [-0.05, 0) is 31.0 Å². The number of nitrogens with zero attached hydrogens (tertiary/aromatic N) is 8. The molecular formula is C25H24N8O2. The van der Waals surface area contributed by atoms with Gasteiger partial charge in [0.15, 0.2) is 0 Å². The molecule has 10 heteroatoms. The number of carbonyl (C=O) groups is 1. The Kier molecular flexibility index (Phi) is 4.74. The second-order valence-corrected chi connectivity index (χ2v) is 9.58. The van der Waals surface area contributed by atoms with Crippen molar-refractivity contribution in [1.29, 1.82) is 5.26 Å². The molecule has 1 N–H and O–H groups in total. The van der Waals surface area contributed by atoms with Crippen LogP contribution in [-0.4, -0.2) is 66.7 Å². The molecule has 4 aromatic rings. The van der Waals surface area contributed by atoms with Gasteiger partial charge in [0.25, 0.3) is 0 Å². The molecule has 0 saturated carbocycles. The van der Waals surface area contributed by atoms with E-state index in [-0.39, 0.29) is 5.41 Å². The fourth-order valence-electron chi connectivity index (χ4n) is 5.44. The largest absolute Gasteiger partial charge is 0.465 e. The normalized spacial score (nSPS) is 16.9. The number of fused-ring (bicyclic) bond motifs is 1. The summed E-state index contributed by atoms with van der Waals surface area (Å²) in [4.78, 5) is 19.9. The van der Waals surface area contributed by atoms with Crippen molar-refractivity contribution in [2.45, 2.75) is 12.8 Å². The molecule has 10 nitrogen and oxygen atoms in total. The number of anilines is 1. The van der Waals surface area contributed by atoms with Crippen molar-refractivity contribution in [3.8, 4) is 28.3 Å². The third kappa shape index (κ3) is 3.56. The van der Waals surface area contributed by atoms with Gasteiger partial charge in [0.1, 0.15) is 11.9 Å². The lowest BCUT2D eigenvalue weighted by atomic mass is 9.73. The van der Waals surface area contributed by atoms with Crippen molar-refractivity contribution in [2.24, 2.45) is 12.5 Å². The molecule has 2 saturated heterocycles. The third-order valence-electron chi connectivity index (χ3n) is 7.14. The topological polar surface area (TPSA) is 116 Å². The predicted octanol–water partition coefficient (Wildman–Crippen LogP) is 3.25. The average Bonchev–Trinajstić information content (AvgIpc) is 3.48. The number of rotatable bonds is 3. The standard InChI is InChI=1S/C25H24N8O2/c1-30-12-20(11-28-30)18-7-21(23-19(8-26)10-29-33(23)13-18)17-3-4-22(27-9-17)32-15-25(16-32)5-2-6-31(14-25)24(34)35/h3-4,7,9-13H,2,5-6,14-16H2,1H3,(H,34,35). The zero-order valence-corrected chi connectivity index (χ0v) is 19.3. The lowest BCUT2D eigenvalue weighted by Gasteiger charge is -2.54. The monoisotopic (exact) mass is 468 g/mol. The number of likely N-dealkylation sites (tertiary alicyclic amines) is 1. The van der Waals surface area contributed by atoms with Gasteiger partial charge < -0.3 is 14.9 Å². The highest BCUT2D eigenvalue weighted by atomic mass is 16.4. The van der Waals surface area contributed by atoms with Crippen molar-refractivity contribution in [2.75, 3.05) is 31.1 Å². The number of hydrogen-bond acceptors (Lipinski definition) is 6. The Morgan fingerprint density at radius 1 is 1.09 bits per heavy atom. The molecule has 35 heavy (non-hydrogen) atoms. The summed E-state index contributed by atoms with van der Waals surface area (Å²) in [6.45, 7) is 2.83. The van der Waals surface area contributed by atoms with Gasteiger partial charge in [-0.3, -0.25) is 4.68 Å². The van der Waals surface area contributed by atoms with E-state index in [4.69, 9.17) is 4.98 Å². The first kappa shape index (κ1) is 21.2. The van der Waals surface area contributed by atoms with E-state index in [1.165, 1.54) is 4.90 Å². The van der Waals surface area contributed by atoms with Gasteiger partial charge in [-0.25, -0.2) is 14.3 Å². The molecular weight excluding hydrogens is 444 g/mol. The molecule has 0 unspecified atom stereocenters. The van der Waals surface area contributed by atoms with E-state index in [9.17, 15) is 15.2 Å². The summed E-state index contributed by atoms with van der Waals surface area (Å²) in [6, 6.07) is 8.31. The molecule has 4 aromatic heterocycles. The van der Waals surface area contributed by atoms with Gasteiger partial charge in [0.05, 0.1) is 23.5 Å². The predicted molar refractivity (Wildman–Crippen MR) is 129 cm³/mol. The fraction of sp³-hybridized carbons (Fsp3) is 0.320. The Morgan fingerprint density at radius 3 is 2.63 bits per heavy atom. The molecule has 1 spiro atoms. The SMILES string of the molecule is Cn1cc(-c2cc(-c3ccc(N4CC5(CCCN(C(=O)O)C5)C4)nc3)c3c(C#N)cnn3c2)cn1. The number of aryl methyl sites for hydroxylation is 1. The third-order valence-corrected chi connectivity index (χ3v) is 7.14. The number of nitriles is 1. The van der Waals surface area contributed by atoms with Gasteiger partial charge in [-0.15, -0.1) is 0 Å². The maximum atomic E-state index is 11.4. The van der Waals surface area contributed by atoms with Crippen LogP contribution >= 0.6 is 0 Å². The minimum absolute atomic E-state index is 0.0283. The van der Waals surface area contributed by atoms with E-state index in [0.29, 0.717) is 18.7 Å². The summed E-state index contributed by atoms with van der Waals surface area (Å²) in [6.07, 6.45) is 10.2. The Balaban J connectivity index is 1.30. The number of amides is 1. The van der Waals surface area contributed by atoms with Crippen molar-refractivity contribution in [1.82, 2.24) is 29.3 Å². The van der Waals surface area contributed by atoms with Gasteiger partial charge >= 0.3 is 6.09 Å². The summed E-state index contributed by atoms with van der Waals surface area (Å²) in [5, 5.41) is 27.7. The summed E-state index contributed by atoms with van der Waals surface area (Å²) in [5.74, 6) is 0.875. The lowest BCUT2D eigenvalue weighted by molar-refractivity contribution is 0.0584. The number of pyridine rings is 2. The molecule has 6 heterocycles. The van der Waals surface area contributed by atoms with E-state index >= 15 is 0 Å². The van der Waals surface area contributed by atoms with Crippen LogP contribution in [0.1, 0.15) is 18.4 Å². The lowest BCUT2D eigenvalue weighted by Crippen LogP contribution is -2.63. The Hall–Kier alpha value is -4.39. The van der Waals surface area contributed by atoms with E-state index in [2.05, 4.69) is 21.2 Å². The number of piperidine rings is 1. The summed E-state index contributed by atoms with van der Waals surface area (Å²) in [7, 11) is 1.87. The molecule has 0 bridgehead atoms. The quantitative estimate of drug-likeness (QED) is 0.491. The zero-order valence-electron chi connectivity index (χ0n) is 19.3. The Labute approximate surface area is 201 Å². The second kappa shape index (κ2) is 7.84. The first-order chi connectivity index (χ1) is 16.9. The summed E-state index contributed by atoms with van der Waals surface area (Å²) >= 11 is 0. The van der Waals surface area contributed by atoms with Crippen LogP contribution in [0.5, 0.6) is 0 Å². The van der Waals surface area contributed by atoms with Crippen LogP contribution in [0.3, 0.4) is 0 Å². The van der Waals surface area contributed by atoms with Crippen LogP contribution in [-0.2, 0) is 7.05 Å². The molecule has 0 atom stereocenters. The smallest absolute Gasteiger partial charge is 0.407 e. The molecule has 176 valence electrons. The maximum absolute atomic E-state index is 11.4. The minimum Gasteiger partial charge on any atom is -0.465 e. The van der Waals surface area contributed by atoms with Crippen molar-refractivity contribution in [3.05, 3.63) is 54.7 Å². The van der Waals surface area contributed by atoms with E-state index < -0.39 is 6.09 Å². The minimum atomic E-state index is -0.832. The molecule has 1 amide bonds. The fourth-order valence-corrected chi connectivity index (χ4v) is 5.44. The Bertz CT molecular complexity index is 1470.